The van der Waals surface area contributed by atoms with Crippen molar-refractivity contribution in [1.82, 2.24) is 0 Å². The molecule has 6 atom stereocenters. The molecule has 1 aromatic carbocycles. The first-order valence-corrected chi connectivity index (χ1v) is 16.1. The van der Waals surface area contributed by atoms with Crippen molar-refractivity contribution in [3.8, 4) is 0 Å². The van der Waals surface area contributed by atoms with Crippen LogP contribution in [0.3, 0.4) is 0 Å². The zero-order valence-corrected chi connectivity index (χ0v) is 27.2. The molecule has 0 radical (unpaired) electrons. The second-order valence-corrected chi connectivity index (χ2v) is 15.8. The monoisotopic (exact) mass is 570 g/mol. The number of hydrogen-bond donors (Lipinski definition) is 0. The zero-order chi connectivity index (χ0) is 31.0. The minimum Gasteiger partial charge on any atom is -0.297 e. The summed E-state index contributed by atoms with van der Waals surface area (Å²) in [5.74, 6) is -1.26. The predicted octanol–water partition coefficient (Wildman–Crippen LogP) is 8.40. The average molecular weight is 571 g/mol. The molecule has 0 unspecified atom stereocenters. The first-order chi connectivity index (χ1) is 19.5. The Balaban J connectivity index is 1.77. The zero-order valence-electron chi connectivity index (χ0n) is 27.2. The van der Waals surface area contributed by atoms with E-state index in [0.717, 1.165) is 18.4 Å². The number of hydrogen-bond acceptors (Lipinski definition) is 4. The van der Waals surface area contributed by atoms with Crippen LogP contribution >= 0.6 is 0 Å². The summed E-state index contributed by atoms with van der Waals surface area (Å²) < 4.78 is 0. The number of rotatable bonds is 8. The standard InChI is InChI=1S/C38H50O4/c1-23(2)14-13-15-25(5)18-19-36-21-27-20-29-34(6,7)28(24(3)4)22-37(29,31(36)40)33(42)38(32(36)41,35(27,8)9)30(39)26-16-11-10-12-17-26/h10-12,14,16-18,24,27-29H,13,15,19-22H2,1-9H3/b25-18+/t27-,28+,29+,36-,37+,38-/m1/s1. The van der Waals surface area contributed by atoms with Crippen molar-refractivity contribution < 1.29 is 19.2 Å². The molecule has 0 amide bonds. The maximum atomic E-state index is 15.4. The van der Waals surface area contributed by atoms with E-state index in [1.54, 1.807) is 24.3 Å². The first kappa shape index (κ1) is 30.8. The minimum absolute atomic E-state index is 0.102. The third-order valence-electron chi connectivity index (χ3n) is 12.5. The van der Waals surface area contributed by atoms with Gasteiger partial charge in [0.25, 0.3) is 0 Å². The molecule has 5 saturated carbocycles. The van der Waals surface area contributed by atoms with Crippen LogP contribution < -0.4 is 0 Å². The van der Waals surface area contributed by atoms with Crippen LogP contribution in [0.5, 0.6) is 0 Å². The SMILES string of the molecule is CC(C)=CCC/C(C)=C/C[C@@]12C[C@H]3C[C@H]4C(C)(C)[C@H](C(C)C)C[C@]4(C1=O)C(=O)[C@@](C(=O)c1ccccc1)(C2=O)C3(C)C. The Kier molecular flexibility index (Phi) is 7.31. The summed E-state index contributed by atoms with van der Waals surface area (Å²) in [4.78, 5) is 60.7. The molecule has 4 bridgehead atoms. The van der Waals surface area contributed by atoms with Gasteiger partial charge in [0, 0.05) is 5.56 Å². The highest BCUT2D eigenvalue weighted by atomic mass is 16.2. The molecule has 5 aliphatic carbocycles. The third kappa shape index (κ3) is 3.78. The summed E-state index contributed by atoms with van der Waals surface area (Å²) >= 11 is 0. The summed E-state index contributed by atoms with van der Waals surface area (Å²) in [5, 5.41) is 0. The number of Topliss-reactive ketones (excluding diaryl/α,β-unsaturated/α-hetero) is 4. The van der Waals surface area contributed by atoms with E-state index in [1.807, 2.05) is 19.9 Å². The van der Waals surface area contributed by atoms with Gasteiger partial charge in [0.1, 0.15) is 0 Å². The fourth-order valence-electron chi connectivity index (χ4n) is 10.2. The van der Waals surface area contributed by atoms with Crippen molar-refractivity contribution in [1.29, 1.82) is 0 Å². The van der Waals surface area contributed by atoms with Gasteiger partial charge in [-0.05, 0) is 93.8 Å². The number of carbonyl (C=O) groups is 4. The lowest BCUT2D eigenvalue weighted by Crippen LogP contribution is -2.75. The topological polar surface area (TPSA) is 68.3 Å². The first-order valence-electron chi connectivity index (χ1n) is 16.1. The summed E-state index contributed by atoms with van der Waals surface area (Å²) in [6.07, 6.45) is 7.86. The van der Waals surface area contributed by atoms with Gasteiger partial charge in [0.05, 0.1) is 10.8 Å². The van der Waals surface area contributed by atoms with Gasteiger partial charge >= 0.3 is 0 Å². The van der Waals surface area contributed by atoms with Gasteiger partial charge in [-0.2, -0.15) is 0 Å². The third-order valence-corrected chi connectivity index (χ3v) is 12.5. The van der Waals surface area contributed by atoms with Crippen molar-refractivity contribution in [2.24, 2.45) is 50.7 Å². The maximum absolute atomic E-state index is 15.4. The molecule has 42 heavy (non-hydrogen) atoms. The van der Waals surface area contributed by atoms with Crippen LogP contribution in [0.4, 0.5) is 0 Å². The molecule has 4 nitrogen and oxygen atoms in total. The molecule has 4 heteroatoms. The summed E-state index contributed by atoms with van der Waals surface area (Å²) in [5.41, 5.74) is -2.93. The van der Waals surface area contributed by atoms with Gasteiger partial charge in [-0.25, -0.2) is 0 Å². The molecule has 5 aliphatic rings. The van der Waals surface area contributed by atoms with Crippen LogP contribution in [-0.4, -0.2) is 23.1 Å². The Morgan fingerprint density at radius 1 is 0.905 bits per heavy atom. The maximum Gasteiger partial charge on any atom is 0.184 e. The molecule has 0 saturated heterocycles. The Morgan fingerprint density at radius 3 is 2.14 bits per heavy atom. The molecule has 1 spiro atoms. The van der Waals surface area contributed by atoms with Gasteiger partial charge in [-0.15, -0.1) is 0 Å². The molecule has 0 heterocycles. The minimum atomic E-state index is -1.87. The van der Waals surface area contributed by atoms with Crippen molar-refractivity contribution in [3.05, 3.63) is 59.2 Å². The average Bonchev–Trinajstić information content (AvgIpc) is 3.07. The van der Waals surface area contributed by atoms with Crippen molar-refractivity contribution >= 4 is 23.1 Å². The second-order valence-electron chi connectivity index (χ2n) is 15.8. The van der Waals surface area contributed by atoms with Gasteiger partial charge in [0.15, 0.2) is 28.5 Å². The number of ketones is 4. The molecule has 1 aromatic rings. The Bertz CT molecular complexity index is 1390. The Morgan fingerprint density at radius 2 is 1.55 bits per heavy atom. The highest BCUT2D eigenvalue weighted by Gasteiger charge is 2.86. The quantitative estimate of drug-likeness (QED) is 0.179. The van der Waals surface area contributed by atoms with Gasteiger partial charge < -0.3 is 0 Å². The van der Waals surface area contributed by atoms with Gasteiger partial charge in [0.2, 0.25) is 0 Å². The second kappa shape index (κ2) is 9.96. The van der Waals surface area contributed by atoms with E-state index in [0.29, 0.717) is 24.8 Å². The highest BCUT2D eigenvalue weighted by molar-refractivity contribution is 6.42. The van der Waals surface area contributed by atoms with E-state index >= 15 is 14.4 Å². The number of carbonyl (C=O) groups excluding carboxylic acids is 4. The van der Waals surface area contributed by atoms with Crippen molar-refractivity contribution in [3.63, 3.8) is 0 Å². The fourth-order valence-corrected chi connectivity index (χ4v) is 10.2. The van der Waals surface area contributed by atoms with Crippen LogP contribution in [0, 0.1) is 50.7 Å². The molecule has 0 aliphatic heterocycles. The Labute approximate surface area is 252 Å². The van der Waals surface area contributed by atoms with E-state index in [4.69, 9.17) is 0 Å². The molecule has 0 N–H and O–H groups in total. The normalized spacial score (nSPS) is 36.3. The summed E-state index contributed by atoms with van der Waals surface area (Å²) in [6, 6.07) is 8.86. The predicted molar refractivity (Wildman–Crippen MR) is 167 cm³/mol. The smallest absolute Gasteiger partial charge is 0.184 e. The lowest BCUT2D eigenvalue weighted by atomic mass is 9.37. The lowest BCUT2D eigenvalue weighted by molar-refractivity contribution is -0.181. The molecule has 5 fully saturated rings. The molecule has 226 valence electrons. The van der Waals surface area contributed by atoms with Crippen LogP contribution in [0.25, 0.3) is 0 Å². The van der Waals surface area contributed by atoms with Crippen molar-refractivity contribution in [2.75, 3.05) is 0 Å². The van der Waals surface area contributed by atoms with Crippen LogP contribution in [0.15, 0.2) is 53.6 Å². The van der Waals surface area contributed by atoms with Crippen LogP contribution in [-0.2, 0) is 14.4 Å². The summed E-state index contributed by atoms with van der Waals surface area (Å²) in [7, 11) is 0. The number of benzene rings is 1. The van der Waals surface area contributed by atoms with E-state index in [9.17, 15) is 4.79 Å². The lowest BCUT2D eigenvalue weighted by Gasteiger charge is -2.60. The van der Waals surface area contributed by atoms with Gasteiger partial charge in [-0.1, -0.05) is 95.2 Å². The largest absolute Gasteiger partial charge is 0.297 e. The molecule has 6 rings (SSSR count). The van der Waals surface area contributed by atoms with E-state index in [1.165, 1.54) is 5.57 Å². The van der Waals surface area contributed by atoms with E-state index in [2.05, 4.69) is 60.6 Å². The van der Waals surface area contributed by atoms with Crippen LogP contribution in [0.2, 0.25) is 0 Å². The Hall–Kier alpha value is -2.62. The summed E-state index contributed by atoms with van der Waals surface area (Å²) in [6.45, 7) is 19.0. The van der Waals surface area contributed by atoms with Crippen LogP contribution in [0.1, 0.15) is 111 Å². The number of allylic oxidation sites excluding steroid dienone is 4. The highest BCUT2D eigenvalue weighted by Crippen LogP contribution is 2.77. The molecule has 0 aromatic heterocycles. The molecular weight excluding hydrogens is 520 g/mol. The van der Waals surface area contributed by atoms with Gasteiger partial charge in [-0.3, -0.25) is 19.2 Å². The van der Waals surface area contributed by atoms with E-state index < -0.39 is 33.2 Å². The van der Waals surface area contributed by atoms with Crippen molar-refractivity contribution in [2.45, 2.75) is 101 Å². The fraction of sp³-hybridized carbons (Fsp3) is 0.632. The van der Waals surface area contributed by atoms with E-state index in [-0.39, 0.29) is 47.1 Å². The molecular formula is C38H50O4.